The fourth-order valence-corrected chi connectivity index (χ4v) is 3.38. The third kappa shape index (κ3) is 3.60. The first-order valence-electron chi connectivity index (χ1n) is 7.25. The summed E-state index contributed by atoms with van der Waals surface area (Å²) in [6, 6.07) is 10.2. The van der Waals surface area contributed by atoms with Crippen molar-refractivity contribution in [3.05, 3.63) is 68.3 Å². The Bertz CT molecular complexity index is 869. The smallest absolute Gasteiger partial charge is 0.264 e. The normalized spacial score (nSPS) is 17.6. The SMILES string of the molecule is Cc1cc(N=C2NC(=O)/C(=C/c3ccccc3F)S2)cc(C)c1Br. The molecular formula is C18H14BrFN2OS. The summed E-state index contributed by atoms with van der Waals surface area (Å²) >= 11 is 4.73. The van der Waals surface area contributed by atoms with Gasteiger partial charge in [-0.25, -0.2) is 9.38 Å². The zero-order chi connectivity index (χ0) is 17.3. The number of nitrogens with zero attached hydrogens (tertiary/aromatic N) is 1. The average molecular weight is 405 g/mol. The number of carbonyl (C=O) groups is 1. The second kappa shape index (κ2) is 6.91. The Balaban J connectivity index is 1.89. The molecule has 0 radical (unpaired) electrons. The van der Waals surface area contributed by atoms with Gasteiger partial charge in [0, 0.05) is 10.0 Å². The van der Waals surface area contributed by atoms with E-state index in [0.717, 1.165) is 21.3 Å². The van der Waals surface area contributed by atoms with E-state index in [1.165, 1.54) is 23.9 Å². The quantitative estimate of drug-likeness (QED) is 0.707. The van der Waals surface area contributed by atoms with Crippen LogP contribution in [0.25, 0.3) is 6.08 Å². The molecule has 0 aromatic heterocycles. The van der Waals surface area contributed by atoms with Gasteiger partial charge < -0.3 is 5.32 Å². The van der Waals surface area contributed by atoms with Crippen LogP contribution in [0, 0.1) is 19.7 Å². The van der Waals surface area contributed by atoms with Gasteiger partial charge in [0.05, 0.1) is 10.6 Å². The molecule has 0 saturated carbocycles. The van der Waals surface area contributed by atoms with Gasteiger partial charge in [0.2, 0.25) is 0 Å². The number of rotatable bonds is 2. The van der Waals surface area contributed by atoms with Gasteiger partial charge in [0.15, 0.2) is 5.17 Å². The molecule has 1 saturated heterocycles. The fraction of sp³-hybridized carbons (Fsp3) is 0.111. The van der Waals surface area contributed by atoms with Gasteiger partial charge in [0.25, 0.3) is 5.91 Å². The van der Waals surface area contributed by atoms with Gasteiger partial charge in [-0.2, -0.15) is 0 Å². The largest absolute Gasteiger partial charge is 0.300 e. The van der Waals surface area contributed by atoms with Gasteiger partial charge in [-0.3, -0.25) is 4.79 Å². The number of carbonyl (C=O) groups excluding carboxylic acids is 1. The van der Waals surface area contributed by atoms with Crippen LogP contribution in [0.15, 0.2) is 50.8 Å². The van der Waals surface area contributed by atoms with Crippen LogP contribution in [0.4, 0.5) is 10.1 Å². The molecule has 0 bridgehead atoms. The number of amidine groups is 1. The molecule has 1 aliphatic rings. The third-order valence-electron chi connectivity index (χ3n) is 3.49. The van der Waals surface area contributed by atoms with E-state index in [2.05, 4.69) is 26.2 Å². The van der Waals surface area contributed by atoms with E-state index in [9.17, 15) is 9.18 Å². The minimum Gasteiger partial charge on any atom is -0.300 e. The maximum absolute atomic E-state index is 13.7. The van der Waals surface area contributed by atoms with Crippen molar-refractivity contribution in [1.82, 2.24) is 5.32 Å². The Hall–Kier alpha value is -1.92. The molecule has 0 aliphatic carbocycles. The zero-order valence-electron chi connectivity index (χ0n) is 13.1. The second-order valence-corrected chi connectivity index (χ2v) is 7.22. The first-order valence-corrected chi connectivity index (χ1v) is 8.86. The van der Waals surface area contributed by atoms with Crippen molar-refractivity contribution in [3.63, 3.8) is 0 Å². The Morgan fingerprint density at radius 1 is 1.21 bits per heavy atom. The maximum atomic E-state index is 13.7. The predicted molar refractivity (Wildman–Crippen MR) is 101 cm³/mol. The van der Waals surface area contributed by atoms with Crippen LogP contribution < -0.4 is 5.32 Å². The van der Waals surface area contributed by atoms with Crippen LogP contribution in [-0.4, -0.2) is 11.1 Å². The van der Waals surface area contributed by atoms with E-state index in [1.54, 1.807) is 18.2 Å². The molecular weight excluding hydrogens is 391 g/mol. The molecule has 1 N–H and O–H groups in total. The van der Waals surface area contributed by atoms with Gasteiger partial charge in [-0.1, -0.05) is 34.1 Å². The van der Waals surface area contributed by atoms with Crippen LogP contribution in [-0.2, 0) is 4.79 Å². The number of aryl methyl sites for hydroxylation is 2. The number of halogens is 2. The molecule has 1 aliphatic heterocycles. The van der Waals surface area contributed by atoms with Crippen LogP contribution in [0.2, 0.25) is 0 Å². The van der Waals surface area contributed by atoms with E-state index in [-0.39, 0.29) is 11.7 Å². The third-order valence-corrected chi connectivity index (χ3v) is 5.66. The van der Waals surface area contributed by atoms with Crippen molar-refractivity contribution >= 4 is 50.5 Å². The molecule has 2 aromatic carbocycles. The van der Waals surface area contributed by atoms with Gasteiger partial charge in [0.1, 0.15) is 5.82 Å². The number of hydrogen-bond acceptors (Lipinski definition) is 3. The summed E-state index contributed by atoms with van der Waals surface area (Å²) in [5.74, 6) is -0.629. The van der Waals surface area contributed by atoms with Crippen molar-refractivity contribution in [3.8, 4) is 0 Å². The van der Waals surface area contributed by atoms with Crippen molar-refractivity contribution in [2.24, 2.45) is 4.99 Å². The zero-order valence-corrected chi connectivity index (χ0v) is 15.5. The number of amides is 1. The molecule has 3 rings (SSSR count). The minimum atomic E-state index is -0.358. The van der Waals surface area contributed by atoms with Gasteiger partial charge in [-0.15, -0.1) is 0 Å². The molecule has 0 unspecified atom stereocenters. The van der Waals surface area contributed by atoms with Crippen LogP contribution >= 0.6 is 27.7 Å². The van der Waals surface area contributed by atoms with Crippen LogP contribution in [0.1, 0.15) is 16.7 Å². The lowest BCUT2D eigenvalue weighted by atomic mass is 10.1. The Morgan fingerprint density at radius 3 is 2.54 bits per heavy atom. The second-order valence-electron chi connectivity index (χ2n) is 5.40. The summed E-state index contributed by atoms with van der Waals surface area (Å²) in [4.78, 5) is 17.0. The lowest BCUT2D eigenvalue weighted by Crippen LogP contribution is -2.19. The molecule has 0 atom stereocenters. The molecule has 122 valence electrons. The monoisotopic (exact) mass is 404 g/mol. The van der Waals surface area contributed by atoms with E-state index in [1.807, 2.05) is 26.0 Å². The molecule has 1 fully saturated rings. The Morgan fingerprint density at radius 2 is 1.88 bits per heavy atom. The Kier molecular flexibility index (Phi) is 4.87. The summed E-state index contributed by atoms with van der Waals surface area (Å²) in [5, 5.41) is 3.21. The van der Waals surface area contributed by atoms with E-state index in [0.29, 0.717) is 15.6 Å². The Labute approximate surface area is 152 Å². The number of aliphatic imine (C=N–C) groups is 1. The molecule has 1 heterocycles. The average Bonchev–Trinajstić information content (AvgIpc) is 2.86. The molecule has 6 heteroatoms. The highest BCUT2D eigenvalue weighted by Gasteiger charge is 2.24. The van der Waals surface area contributed by atoms with E-state index >= 15 is 0 Å². The van der Waals surface area contributed by atoms with Gasteiger partial charge in [-0.05, 0) is 61.0 Å². The van der Waals surface area contributed by atoms with Crippen molar-refractivity contribution in [2.75, 3.05) is 0 Å². The minimum absolute atomic E-state index is 0.271. The van der Waals surface area contributed by atoms with Crippen molar-refractivity contribution in [2.45, 2.75) is 13.8 Å². The summed E-state index contributed by atoms with van der Waals surface area (Å²) < 4.78 is 14.8. The summed E-state index contributed by atoms with van der Waals surface area (Å²) in [7, 11) is 0. The molecule has 1 amide bonds. The molecule has 0 spiro atoms. The van der Waals surface area contributed by atoms with Crippen molar-refractivity contribution < 1.29 is 9.18 Å². The highest BCUT2D eigenvalue weighted by molar-refractivity contribution is 9.10. The summed E-state index contributed by atoms with van der Waals surface area (Å²) in [5.41, 5.74) is 3.30. The van der Waals surface area contributed by atoms with E-state index < -0.39 is 0 Å². The lowest BCUT2D eigenvalue weighted by Gasteiger charge is -2.04. The summed E-state index contributed by atoms with van der Waals surface area (Å²) in [6.45, 7) is 3.98. The van der Waals surface area contributed by atoms with Crippen LogP contribution in [0.5, 0.6) is 0 Å². The van der Waals surface area contributed by atoms with Crippen LogP contribution in [0.3, 0.4) is 0 Å². The highest BCUT2D eigenvalue weighted by Crippen LogP contribution is 2.31. The number of nitrogens with one attached hydrogen (secondary N) is 1. The van der Waals surface area contributed by atoms with E-state index in [4.69, 9.17) is 0 Å². The topological polar surface area (TPSA) is 41.5 Å². The lowest BCUT2D eigenvalue weighted by molar-refractivity contribution is -0.115. The fourth-order valence-electron chi connectivity index (χ4n) is 2.32. The molecule has 2 aromatic rings. The van der Waals surface area contributed by atoms with Gasteiger partial charge >= 0.3 is 0 Å². The number of hydrogen-bond donors (Lipinski definition) is 1. The summed E-state index contributed by atoms with van der Waals surface area (Å²) in [6.07, 6.45) is 1.54. The molecule has 24 heavy (non-hydrogen) atoms. The number of benzene rings is 2. The highest BCUT2D eigenvalue weighted by atomic mass is 79.9. The first-order chi connectivity index (χ1) is 11.4. The standard InChI is InChI=1S/C18H14BrFN2OS/c1-10-7-13(8-11(2)16(10)19)21-18-22-17(23)15(24-18)9-12-5-3-4-6-14(12)20/h3-9H,1-2H3,(H,21,22,23)/b15-9-. The first kappa shape index (κ1) is 16.9. The predicted octanol–water partition coefficient (Wildman–Crippen LogP) is 5.10. The maximum Gasteiger partial charge on any atom is 0.264 e. The molecule has 3 nitrogen and oxygen atoms in total. The van der Waals surface area contributed by atoms with Crippen molar-refractivity contribution in [1.29, 1.82) is 0 Å². The number of thioether (sulfide) groups is 1.